The van der Waals surface area contributed by atoms with Gasteiger partial charge in [-0.05, 0) is 37.8 Å². The van der Waals surface area contributed by atoms with Crippen LogP contribution in [0.5, 0.6) is 0 Å². The van der Waals surface area contributed by atoms with E-state index in [4.69, 9.17) is 0 Å². The zero-order chi connectivity index (χ0) is 14.6. The van der Waals surface area contributed by atoms with Crippen LogP contribution in [0.1, 0.15) is 32.6 Å². The summed E-state index contributed by atoms with van der Waals surface area (Å²) in [6, 6.07) is 6.82. The van der Waals surface area contributed by atoms with E-state index >= 15 is 0 Å². The van der Waals surface area contributed by atoms with E-state index in [1.165, 1.54) is 0 Å². The van der Waals surface area contributed by atoms with Gasteiger partial charge < -0.3 is 9.69 Å². The predicted octanol–water partition coefficient (Wildman–Crippen LogP) is 2.43. The molecule has 0 saturated carbocycles. The first kappa shape index (κ1) is 15.0. The Labute approximate surface area is 120 Å². The SMILES string of the molecule is CCCS(=O)(=O)c1ccccc1N1CCCCC1C=O. The van der Waals surface area contributed by atoms with Crippen molar-refractivity contribution >= 4 is 21.8 Å². The molecule has 1 heterocycles. The molecule has 2 rings (SSSR count). The van der Waals surface area contributed by atoms with Crippen LogP contribution in [-0.4, -0.2) is 33.0 Å². The Bertz CT molecular complexity index is 568. The Balaban J connectivity index is 2.44. The van der Waals surface area contributed by atoms with Gasteiger partial charge in [-0.15, -0.1) is 0 Å². The highest BCUT2D eigenvalue weighted by Gasteiger charge is 2.27. The summed E-state index contributed by atoms with van der Waals surface area (Å²) in [6.07, 6.45) is 4.33. The van der Waals surface area contributed by atoms with Gasteiger partial charge in [0.2, 0.25) is 0 Å². The van der Waals surface area contributed by atoms with Crippen LogP contribution in [0.3, 0.4) is 0 Å². The average molecular weight is 295 g/mol. The summed E-state index contributed by atoms with van der Waals surface area (Å²) in [4.78, 5) is 13.5. The van der Waals surface area contributed by atoms with Gasteiger partial charge in [0.05, 0.1) is 22.4 Å². The maximum atomic E-state index is 12.4. The normalized spacial score (nSPS) is 19.9. The minimum Gasteiger partial charge on any atom is -0.361 e. The second kappa shape index (κ2) is 6.39. The lowest BCUT2D eigenvalue weighted by Crippen LogP contribution is -2.41. The number of aldehydes is 1. The highest BCUT2D eigenvalue weighted by atomic mass is 32.2. The number of carbonyl (C=O) groups excluding carboxylic acids is 1. The zero-order valence-electron chi connectivity index (χ0n) is 11.8. The average Bonchev–Trinajstić information content (AvgIpc) is 2.47. The first-order valence-corrected chi connectivity index (χ1v) is 8.79. The molecule has 0 spiro atoms. The number of anilines is 1. The van der Waals surface area contributed by atoms with Gasteiger partial charge in [0.1, 0.15) is 6.29 Å². The first-order chi connectivity index (χ1) is 9.60. The molecule has 0 bridgehead atoms. The molecule has 1 aliphatic rings. The molecule has 0 aromatic heterocycles. The second-order valence-electron chi connectivity index (χ2n) is 5.18. The molecule has 0 N–H and O–H groups in total. The van der Waals surface area contributed by atoms with E-state index in [-0.39, 0.29) is 11.8 Å². The molecule has 0 amide bonds. The highest BCUT2D eigenvalue weighted by molar-refractivity contribution is 7.91. The van der Waals surface area contributed by atoms with Gasteiger partial charge in [-0.25, -0.2) is 8.42 Å². The van der Waals surface area contributed by atoms with Gasteiger partial charge in [-0.1, -0.05) is 19.1 Å². The minimum absolute atomic E-state index is 0.142. The molecule has 4 nitrogen and oxygen atoms in total. The Kier molecular flexibility index (Phi) is 4.81. The van der Waals surface area contributed by atoms with Crippen LogP contribution in [0.2, 0.25) is 0 Å². The fourth-order valence-corrected chi connectivity index (χ4v) is 4.28. The lowest BCUT2D eigenvalue weighted by Gasteiger charge is -2.35. The molecule has 1 unspecified atom stereocenters. The van der Waals surface area contributed by atoms with Crippen LogP contribution in [-0.2, 0) is 14.6 Å². The number of benzene rings is 1. The number of hydrogen-bond donors (Lipinski definition) is 0. The Morgan fingerprint density at radius 3 is 2.75 bits per heavy atom. The van der Waals surface area contributed by atoms with Crippen LogP contribution in [0.15, 0.2) is 29.2 Å². The number of para-hydroxylation sites is 1. The topological polar surface area (TPSA) is 54.5 Å². The van der Waals surface area contributed by atoms with Gasteiger partial charge in [0, 0.05) is 6.54 Å². The second-order valence-corrected chi connectivity index (χ2v) is 7.26. The van der Waals surface area contributed by atoms with E-state index in [0.717, 1.165) is 32.1 Å². The summed E-state index contributed by atoms with van der Waals surface area (Å²) in [5.41, 5.74) is 0.678. The Morgan fingerprint density at radius 1 is 1.30 bits per heavy atom. The summed E-state index contributed by atoms with van der Waals surface area (Å²) < 4.78 is 24.8. The predicted molar refractivity (Wildman–Crippen MR) is 79.8 cm³/mol. The van der Waals surface area contributed by atoms with Gasteiger partial charge >= 0.3 is 0 Å². The number of carbonyl (C=O) groups is 1. The Morgan fingerprint density at radius 2 is 2.05 bits per heavy atom. The summed E-state index contributed by atoms with van der Waals surface area (Å²) in [6.45, 7) is 2.59. The maximum absolute atomic E-state index is 12.4. The fraction of sp³-hybridized carbons (Fsp3) is 0.533. The standard InChI is InChI=1S/C15H21NO3S/c1-2-11-20(18,19)15-9-4-3-8-14(15)16-10-6-5-7-13(16)12-17/h3-4,8-9,12-13H,2,5-7,10-11H2,1H3. The van der Waals surface area contributed by atoms with E-state index in [1.54, 1.807) is 12.1 Å². The summed E-state index contributed by atoms with van der Waals surface area (Å²) >= 11 is 0. The third-order valence-electron chi connectivity index (χ3n) is 3.69. The van der Waals surface area contributed by atoms with E-state index in [0.29, 0.717) is 17.0 Å². The van der Waals surface area contributed by atoms with Crippen LogP contribution >= 0.6 is 0 Å². The van der Waals surface area contributed by atoms with Crippen LogP contribution in [0, 0.1) is 0 Å². The summed E-state index contributed by atoms with van der Waals surface area (Å²) in [5.74, 6) is 0.142. The third-order valence-corrected chi connectivity index (χ3v) is 5.65. The van der Waals surface area contributed by atoms with Crippen molar-refractivity contribution in [1.82, 2.24) is 0 Å². The van der Waals surface area contributed by atoms with Crippen molar-refractivity contribution in [2.45, 2.75) is 43.5 Å². The molecule has 1 aromatic rings. The van der Waals surface area contributed by atoms with E-state index in [9.17, 15) is 13.2 Å². The minimum atomic E-state index is -3.28. The summed E-state index contributed by atoms with van der Waals surface area (Å²) in [5, 5.41) is 0. The first-order valence-electron chi connectivity index (χ1n) is 7.14. The zero-order valence-corrected chi connectivity index (χ0v) is 12.6. The molecular weight excluding hydrogens is 274 g/mol. The molecule has 1 atom stereocenters. The molecule has 0 radical (unpaired) electrons. The number of rotatable bonds is 5. The molecule has 1 aromatic carbocycles. The van der Waals surface area contributed by atoms with E-state index < -0.39 is 9.84 Å². The maximum Gasteiger partial charge on any atom is 0.180 e. The van der Waals surface area contributed by atoms with Crippen molar-refractivity contribution in [3.8, 4) is 0 Å². The smallest absolute Gasteiger partial charge is 0.180 e. The van der Waals surface area contributed by atoms with Gasteiger partial charge in [-0.3, -0.25) is 0 Å². The van der Waals surface area contributed by atoms with Gasteiger partial charge in [0.15, 0.2) is 9.84 Å². The van der Waals surface area contributed by atoms with Crippen LogP contribution in [0.4, 0.5) is 5.69 Å². The fourth-order valence-electron chi connectivity index (χ4n) is 2.73. The molecule has 0 aliphatic carbocycles. The van der Waals surface area contributed by atoms with Crippen molar-refractivity contribution in [3.63, 3.8) is 0 Å². The van der Waals surface area contributed by atoms with E-state index in [1.807, 2.05) is 24.0 Å². The molecule has 5 heteroatoms. The van der Waals surface area contributed by atoms with Crippen molar-refractivity contribution in [2.24, 2.45) is 0 Å². The lowest BCUT2D eigenvalue weighted by molar-refractivity contribution is -0.109. The molecule has 110 valence electrons. The van der Waals surface area contributed by atoms with Crippen molar-refractivity contribution in [3.05, 3.63) is 24.3 Å². The van der Waals surface area contributed by atoms with Crippen molar-refractivity contribution in [1.29, 1.82) is 0 Å². The lowest BCUT2D eigenvalue weighted by atomic mass is 10.0. The van der Waals surface area contributed by atoms with Gasteiger partial charge in [0.25, 0.3) is 0 Å². The molecule has 1 saturated heterocycles. The Hall–Kier alpha value is -1.36. The quantitative estimate of drug-likeness (QED) is 0.783. The van der Waals surface area contributed by atoms with Gasteiger partial charge in [-0.2, -0.15) is 0 Å². The van der Waals surface area contributed by atoms with Crippen LogP contribution < -0.4 is 4.90 Å². The molecular formula is C15H21NO3S. The largest absolute Gasteiger partial charge is 0.361 e. The number of piperidine rings is 1. The molecule has 1 fully saturated rings. The third kappa shape index (κ3) is 3.03. The molecule has 20 heavy (non-hydrogen) atoms. The van der Waals surface area contributed by atoms with E-state index in [2.05, 4.69) is 0 Å². The van der Waals surface area contributed by atoms with Crippen LogP contribution in [0.25, 0.3) is 0 Å². The number of nitrogens with zero attached hydrogens (tertiary/aromatic N) is 1. The number of hydrogen-bond acceptors (Lipinski definition) is 4. The highest BCUT2D eigenvalue weighted by Crippen LogP contribution is 2.30. The monoisotopic (exact) mass is 295 g/mol. The van der Waals surface area contributed by atoms with Crippen molar-refractivity contribution in [2.75, 3.05) is 17.2 Å². The summed E-state index contributed by atoms with van der Waals surface area (Å²) in [7, 11) is -3.28. The van der Waals surface area contributed by atoms with Crippen molar-refractivity contribution < 1.29 is 13.2 Å². The number of sulfone groups is 1. The molecule has 1 aliphatic heterocycles.